The van der Waals surface area contributed by atoms with Crippen LogP contribution in [0.3, 0.4) is 0 Å². The molecule has 0 fully saturated rings. The first kappa shape index (κ1) is 19.1. The smallest absolute Gasteiger partial charge is 0.269 e. The van der Waals surface area contributed by atoms with Gasteiger partial charge < -0.3 is 4.42 Å². The van der Waals surface area contributed by atoms with Crippen molar-refractivity contribution in [1.29, 1.82) is 0 Å². The minimum atomic E-state index is -0.462. The molecule has 0 spiro atoms. The number of hydrogen-bond acceptors (Lipinski definition) is 6. The first-order valence-electron chi connectivity index (χ1n) is 9.20. The van der Waals surface area contributed by atoms with Crippen molar-refractivity contribution in [3.63, 3.8) is 0 Å². The molecule has 0 amide bonds. The number of nitro benzene ring substituents is 1. The van der Waals surface area contributed by atoms with Crippen LogP contribution in [0.25, 0.3) is 22.3 Å². The summed E-state index contributed by atoms with van der Waals surface area (Å²) in [6.07, 6.45) is 0. The van der Waals surface area contributed by atoms with Gasteiger partial charge in [-0.25, -0.2) is 0 Å². The Kier molecular flexibility index (Phi) is 5.09. The number of anilines is 1. The van der Waals surface area contributed by atoms with Crippen LogP contribution in [0.15, 0.2) is 93.2 Å². The van der Waals surface area contributed by atoms with Crippen molar-refractivity contribution in [2.24, 2.45) is 5.10 Å². The first-order valence-corrected chi connectivity index (χ1v) is 9.20. The summed E-state index contributed by atoms with van der Waals surface area (Å²) >= 11 is 0. The van der Waals surface area contributed by atoms with Gasteiger partial charge in [0, 0.05) is 29.1 Å². The van der Waals surface area contributed by atoms with Crippen molar-refractivity contribution in [2.45, 2.75) is 6.92 Å². The predicted octanol–water partition coefficient (Wildman–Crippen LogP) is 4.60. The molecule has 0 atom stereocenters. The number of hydrogen-bond donors (Lipinski definition) is 1. The lowest BCUT2D eigenvalue weighted by Crippen LogP contribution is -2.10. The molecule has 0 saturated carbocycles. The van der Waals surface area contributed by atoms with Gasteiger partial charge in [-0.1, -0.05) is 42.0 Å². The van der Waals surface area contributed by atoms with E-state index in [-0.39, 0.29) is 16.7 Å². The van der Waals surface area contributed by atoms with E-state index in [9.17, 15) is 14.9 Å². The SMILES string of the molecule is Cc1ccc(-c2c/c(=N\Nc3ccc([N+](=O)[O-])cc3)c3ccccc(=O)c3o2)cc1. The van der Waals surface area contributed by atoms with Crippen molar-refractivity contribution in [1.82, 2.24) is 0 Å². The second-order valence-electron chi connectivity index (χ2n) is 6.71. The number of nitrogens with one attached hydrogen (secondary N) is 1. The molecule has 3 aromatic carbocycles. The van der Waals surface area contributed by atoms with E-state index in [1.165, 1.54) is 18.2 Å². The highest BCUT2D eigenvalue weighted by Crippen LogP contribution is 2.21. The van der Waals surface area contributed by atoms with Crippen molar-refractivity contribution < 1.29 is 9.34 Å². The number of fused-ring (bicyclic) bond motifs is 1. The Hall–Kier alpha value is -4.26. The number of nitro groups is 1. The van der Waals surface area contributed by atoms with E-state index in [4.69, 9.17) is 4.42 Å². The van der Waals surface area contributed by atoms with Gasteiger partial charge in [0.2, 0.25) is 5.43 Å². The minimum Gasteiger partial charge on any atom is -0.452 e. The average molecular weight is 399 g/mol. The van der Waals surface area contributed by atoms with Gasteiger partial charge in [-0.2, -0.15) is 5.10 Å². The lowest BCUT2D eigenvalue weighted by molar-refractivity contribution is -0.384. The summed E-state index contributed by atoms with van der Waals surface area (Å²) < 4.78 is 5.94. The summed E-state index contributed by atoms with van der Waals surface area (Å²) in [5.74, 6) is 0.509. The maximum atomic E-state index is 12.5. The Morgan fingerprint density at radius 1 is 0.967 bits per heavy atom. The Bertz CT molecular complexity index is 1360. The summed E-state index contributed by atoms with van der Waals surface area (Å²) in [6.45, 7) is 1.99. The Morgan fingerprint density at radius 2 is 1.67 bits per heavy atom. The molecule has 1 heterocycles. The van der Waals surface area contributed by atoms with Gasteiger partial charge >= 0.3 is 0 Å². The minimum absolute atomic E-state index is 0.00538. The molecule has 30 heavy (non-hydrogen) atoms. The lowest BCUT2D eigenvalue weighted by atomic mass is 10.1. The number of aryl methyl sites for hydroxylation is 1. The molecule has 0 saturated heterocycles. The number of non-ortho nitro benzene ring substituents is 1. The Balaban J connectivity index is 1.86. The van der Waals surface area contributed by atoms with E-state index in [0.717, 1.165) is 11.1 Å². The van der Waals surface area contributed by atoms with Gasteiger partial charge in [-0.3, -0.25) is 20.3 Å². The highest BCUT2D eigenvalue weighted by molar-refractivity contribution is 5.77. The summed E-state index contributed by atoms with van der Waals surface area (Å²) in [5, 5.41) is 16.3. The van der Waals surface area contributed by atoms with Gasteiger partial charge in [0.15, 0.2) is 5.58 Å². The first-order chi connectivity index (χ1) is 14.5. The maximum Gasteiger partial charge on any atom is 0.269 e. The third-order valence-electron chi connectivity index (χ3n) is 4.57. The van der Waals surface area contributed by atoms with E-state index in [1.54, 1.807) is 36.4 Å². The highest BCUT2D eigenvalue weighted by Gasteiger charge is 2.08. The highest BCUT2D eigenvalue weighted by atomic mass is 16.6. The van der Waals surface area contributed by atoms with Crippen LogP contribution in [-0.2, 0) is 0 Å². The molecule has 1 N–H and O–H groups in total. The number of rotatable bonds is 4. The number of nitrogens with zero attached hydrogens (tertiary/aromatic N) is 2. The van der Waals surface area contributed by atoms with Gasteiger partial charge in [-0.05, 0) is 31.2 Å². The normalized spacial score (nSPS) is 11.4. The number of benzene rings is 2. The van der Waals surface area contributed by atoms with Crippen LogP contribution in [0, 0.1) is 17.0 Å². The molecule has 7 heteroatoms. The van der Waals surface area contributed by atoms with Crippen LogP contribution in [-0.4, -0.2) is 4.92 Å². The van der Waals surface area contributed by atoms with E-state index in [1.807, 2.05) is 31.2 Å². The van der Waals surface area contributed by atoms with Crippen LogP contribution < -0.4 is 16.2 Å². The molecule has 0 aliphatic rings. The van der Waals surface area contributed by atoms with Crippen LogP contribution >= 0.6 is 0 Å². The largest absolute Gasteiger partial charge is 0.452 e. The van der Waals surface area contributed by atoms with Gasteiger partial charge in [0.1, 0.15) is 5.76 Å². The molecule has 4 aromatic rings. The van der Waals surface area contributed by atoms with Gasteiger partial charge in [0.05, 0.1) is 16.0 Å². The molecule has 7 nitrogen and oxygen atoms in total. The quantitative estimate of drug-likeness (QED) is 0.399. The van der Waals surface area contributed by atoms with Crippen molar-refractivity contribution in [2.75, 3.05) is 5.43 Å². The summed E-state index contributed by atoms with van der Waals surface area (Å²) in [6, 6.07) is 22.0. The van der Waals surface area contributed by atoms with E-state index < -0.39 is 4.92 Å². The Morgan fingerprint density at radius 3 is 2.37 bits per heavy atom. The molecule has 0 radical (unpaired) electrons. The Labute approximate surface area is 171 Å². The molecule has 4 rings (SSSR count). The van der Waals surface area contributed by atoms with Crippen molar-refractivity contribution in [3.05, 3.63) is 110 Å². The summed E-state index contributed by atoms with van der Waals surface area (Å²) in [4.78, 5) is 22.9. The zero-order valence-electron chi connectivity index (χ0n) is 16.0. The zero-order valence-corrected chi connectivity index (χ0v) is 16.0. The van der Waals surface area contributed by atoms with Crippen LogP contribution in [0.1, 0.15) is 5.56 Å². The molecule has 0 aliphatic carbocycles. The summed E-state index contributed by atoms with van der Waals surface area (Å²) in [7, 11) is 0. The van der Waals surface area contributed by atoms with Gasteiger partial charge in [0.25, 0.3) is 5.69 Å². The molecule has 148 valence electrons. The second-order valence-corrected chi connectivity index (χ2v) is 6.71. The fourth-order valence-electron chi connectivity index (χ4n) is 2.96. The van der Waals surface area contributed by atoms with Gasteiger partial charge in [-0.15, -0.1) is 0 Å². The molecule has 0 unspecified atom stereocenters. The predicted molar refractivity (Wildman–Crippen MR) is 115 cm³/mol. The van der Waals surface area contributed by atoms with E-state index >= 15 is 0 Å². The van der Waals surface area contributed by atoms with E-state index in [0.29, 0.717) is 22.2 Å². The van der Waals surface area contributed by atoms with Crippen molar-refractivity contribution in [3.8, 4) is 11.3 Å². The second kappa shape index (κ2) is 8.00. The molecular formula is C23H17N3O4. The summed E-state index contributed by atoms with van der Waals surface area (Å²) in [5.41, 5.74) is 5.34. The molecule has 1 aromatic heterocycles. The molecule has 0 bridgehead atoms. The van der Waals surface area contributed by atoms with Crippen LogP contribution in [0.4, 0.5) is 11.4 Å². The van der Waals surface area contributed by atoms with Crippen LogP contribution in [0.2, 0.25) is 0 Å². The monoisotopic (exact) mass is 399 g/mol. The fourth-order valence-corrected chi connectivity index (χ4v) is 2.96. The standard InChI is InChI=1S/C23H17N3O4/c1-15-6-8-16(9-7-15)22-14-20(19-4-2-3-5-21(27)23(19)30-22)25-24-17-10-12-18(13-11-17)26(28)29/h2-14,24H,1H3/b25-20+. The van der Waals surface area contributed by atoms with Crippen molar-refractivity contribution >= 4 is 22.3 Å². The zero-order chi connectivity index (χ0) is 21.1. The third-order valence-corrected chi connectivity index (χ3v) is 4.57. The third kappa shape index (κ3) is 3.95. The fraction of sp³-hybridized carbons (Fsp3) is 0.0435. The van der Waals surface area contributed by atoms with E-state index in [2.05, 4.69) is 10.5 Å². The topological polar surface area (TPSA) is 97.7 Å². The molecule has 0 aliphatic heterocycles. The molecular weight excluding hydrogens is 382 g/mol. The average Bonchev–Trinajstić information content (AvgIpc) is 2.94. The lowest BCUT2D eigenvalue weighted by Gasteiger charge is -2.05. The van der Waals surface area contributed by atoms with Crippen LogP contribution in [0.5, 0.6) is 0 Å². The maximum absolute atomic E-state index is 12.5.